The zero-order valence-electron chi connectivity index (χ0n) is 14.3. The Bertz CT molecular complexity index is 1020. The molecule has 3 heteroatoms. The molecule has 2 heterocycles. The lowest BCUT2D eigenvalue weighted by Crippen LogP contribution is -2.30. The van der Waals surface area contributed by atoms with Gasteiger partial charge in [0.15, 0.2) is 0 Å². The van der Waals surface area contributed by atoms with Crippen molar-refractivity contribution in [1.29, 1.82) is 0 Å². The van der Waals surface area contributed by atoms with Crippen molar-refractivity contribution in [3.05, 3.63) is 80.7 Å². The van der Waals surface area contributed by atoms with Gasteiger partial charge < -0.3 is 4.42 Å². The van der Waals surface area contributed by atoms with E-state index in [1.165, 1.54) is 28.7 Å². The van der Waals surface area contributed by atoms with Crippen LogP contribution in [-0.4, -0.2) is 11.4 Å². The summed E-state index contributed by atoms with van der Waals surface area (Å²) in [6.07, 6.45) is 4.52. The lowest BCUT2D eigenvalue weighted by molar-refractivity contribution is 0.246. The molecule has 3 nitrogen and oxygen atoms in total. The Labute approximate surface area is 146 Å². The lowest BCUT2D eigenvalue weighted by atomic mass is 9.98. The summed E-state index contributed by atoms with van der Waals surface area (Å²) in [6, 6.07) is 14.7. The summed E-state index contributed by atoms with van der Waals surface area (Å²) in [6.45, 7) is 2.78. The molecule has 0 saturated carbocycles. The van der Waals surface area contributed by atoms with E-state index < -0.39 is 0 Å². The molecule has 0 radical (unpaired) electrons. The van der Waals surface area contributed by atoms with E-state index in [-0.39, 0.29) is 5.63 Å². The molecule has 0 unspecified atom stereocenters. The van der Waals surface area contributed by atoms with Gasteiger partial charge in [0.1, 0.15) is 5.58 Å². The maximum atomic E-state index is 12.1. The van der Waals surface area contributed by atoms with E-state index in [9.17, 15) is 4.79 Å². The minimum absolute atomic E-state index is 0.238. The second-order valence-electron chi connectivity index (χ2n) is 7.29. The van der Waals surface area contributed by atoms with Gasteiger partial charge in [0.05, 0.1) is 0 Å². The van der Waals surface area contributed by atoms with Gasteiger partial charge in [-0.25, -0.2) is 4.79 Å². The van der Waals surface area contributed by atoms with E-state index in [1.54, 1.807) is 6.07 Å². The molecule has 0 fully saturated rings. The highest BCUT2D eigenvalue weighted by Crippen LogP contribution is 2.29. The quantitative estimate of drug-likeness (QED) is 0.669. The third kappa shape index (κ3) is 2.69. The molecule has 0 amide bonds. The van der Waals surface area contributed by atoms with Crippen LogP contribution in [0.3, 0.4) is 0 Å². The summed E-state index contributed by atoms with van der Waals surface area (Å²) < 4.78 is 5.50. The standard InChI is InChI=1S/C22H21NO2/c24-22-12-19(14-23-9-8-15-4-1-2-5-18(15)13-23)20-10-16-6-3-7-17(16)11-21(20)25-22/h1-2,4-5,10-12H,3,6-9,13-14H2. The number of hydrogen-bond donors (Lipinski definition) is 0. The molecule has 2 aliphatic rings. The summed E-state index contributed by atoms with van der Waals surface area (Å²) in [7, 11) is 0. The highest BCUT2D eigenvalue weighted by molar-refractivity contribution is 5.82. The number of benzene rings is 2. The smallest absolute Gasteiger partial charge is 0.336 e. The zero-order valence-corrected chi connectivity index (χ0v) is 14.3. The van der Waals surface area contributed by atoms with E-state index in [0.29, 0.717) is 0 Å². The average molecular weight is 331 g/mol. The molecular formula is C22H21NO2. The monoisotopic (exact) mass is 331 g/mol. The molecule has 0 N–H and O–H groups in total. The average Bonchev–Trinajstić information content (AvgIpc) is 3.07. The third-order valence-corrected chi connectivity index (χ3v) is 5.65. The van der Waals surface area contributed by atoms with Crippen LogP contribution in [0.25, 0.3) is 11.0 Å². The lowest BCUT2D eigenvalue weighted by Gasteiger charge is -2.29. The Morgan fingerprint density at radius 1 is 0.920 bits per heavy atom. The molecule has 2 aromatic carbocycles. The van der Waals surface area contributed by atoms with Crippen LogP contribution < -0.4 is 5.63 Å². The van der Waals surface area contributed by atoms with Crippen molar-refractivity contribution < 1.29 is 4.42 Å². The molecule has 126 valence electrons. The highest BCUT2D eigenvalue weighted by Gasteiger charge is 2.19. The van der Waals surface area contributed by atoms with Crippen molar-refractivity contribution >= 4 is 11.0 Å². The summed E-state index contributed by atoms with van der Waals surface area (Å²) in [5.41, 5.74) is 7.24. The van der Waals surface area contributed by atoms with Crippen molar-refractivity contribution in [3.8, 4) is 0 Å². The van der Waals surface area contributed by atoms with Crippen LogP contribution in [0.4, 0.5) is 0 Å². The van der Waals surface area contributed by atoms with E-state index in [1.807, 2.05) is 0 Å². The maximum Gasteiger partial charge on any atom is 0.336 e. The van der Waals surface area contributed by atoms with Gasteiger partial charge in [-0.1, -0.05) is 24.3 Å². The Balaban J connectivity index is 1.52. The van der Waals surface area contributed by atoms with Crippen LogP contribution in [0.1, 0.15) is 34.2 Å². The molecule has 1 aliphatic carbocycles. The predicted molar refractivity (Wildman–Crippen MR) is 98.8 cm³/mol. The van der Waals surface area contributed by atoms with Gasteiger partial charge in [-0.05, 0) is 65.6 Å². The topological polar surface area (TPSA) is 33.5 Å². The van der Waals surface area contributed by atoms with E-state index in [4.69, 9.17) is 4.42 Å². The van der Waals surface area contributed by atoms with Gasteiger partial charge in [0, 0.05) is 31.1 Å². The number of nitrogens with zero attached hydrogens (tertiary/aromatic N) is 1. The Hall–Kier alpha value is -2.39. The SMILES string of the molecule is O=c1cc(CN2CCc3ccccc3C2)c2cc3c(cc2o1)CCC3. The van der Waals surface area contributed by atoms with Crippen LogP contribution in [-0.2, 0) is 32.4 Å². The summed E-state index contributed by atoms with van der Waals surface area (Å²) in [4.78, 5) is 14.5. The van der Waals surface area contributed by atoms with Crippen molar-refractivity contribution in [3.63, 3.8) is 0 Å². The van der Waals surface area contributed by atoms with Gasteiger partial charge in [0.25, 0.3) is 0 Å². The van der Waals surface area contributed by atoms with Crippen molar-refractivity contribution in [1.82, 2.24) is 4.90 Å². The van der Waals surface area contributed by atoms with E-state index >= 15 is 0 Å². The van der Waals surface area contributed by atoms with Crippen molar-refractivity contribution in [2.45, 2.75) is 38.8 Å². The Morgan fingerprint density at radius 3 is 2.60 bits per heavy atom. The van der Waals surface area contributed by atoms with Gasteiger partial charge in [-0.2, -0.15) is 0 Å². The molecule has 25 heavy (non-hydrogen) atoms. The van der Waals surface area contributed by atoms with Crippen LogP contribution in [0.2, 0.25) is 0 Å². The zero-order chi connectivity index (χ0) is 16.8. The fourth-order valence-electron chi connectivity index (χ4n) is 4.36. The fraction of sp³-hybridized carbons (Fsp3) is 0.318. The number of hydrogen-bond acceptors (Lipinski definition) is 3. The Morgan fingerprint density at radius 2 is 1.72 bits per heavy atom. The summed E-state index contributed by atoms with van der Waals surface area (Å²) >= 11 is 0. The molecule has 3 aromatic rings. The summed E-state index contributed by atoms with van der Waals surface area (Å²) in [5, 5.41) is 1.11. The largest absolute Gasteiger partial charge is 0.423 e. The van der Waals surface area contributed by atoms with Crippen LogP contribution in [0, 0.1) is 0 Å². The summed E-state index contributed by atoms with van der Waals surface area (Å²) in [5.74, 6) is 0. The predicted octanol–water partition coefficient (Wildman–Crippen LogP) is 3.84. The highest BCUT2D eigenvalue weighted by atomic mass is 16.4. The maximum absolute atomic E-state index is 12.1. The Kier molecular flexibility index (Phi) is 3.49. The third-order valence-electron chi connectivity index (χ3n) is 5.65. The van der Waals surface area contributed by atoms with Crippen LogP contribution in [0.15, 0.2) is 51.7 Å². The van der Waals surface area contributed by atoms with E-state index in [2.05, 4.69) is 41.3 Å². The first-order valence-corrected chi connectivity index (χ1v) is 9.14. The molecule has 0 saturated heterocycles. The first kappa shape index (κ1) is 14.9. The molecule has 1 aromatic heterocycles. The van der Waals surface area contributed by atoms with Gasteiger partial charge in [0.2, 0.25) is 0 Å². The van der Waals surface area contributed by atoms with Crippen LogP contribution >= 0.6 is 0 Å². The first-order chi connectivity index (χ1) is 12.3. The second kappa shape index (κ2) is 5.85. The molecule has 5 rings (SSSR count). The minimum atomic E-state index is -0.238. The molecular weight excluding hydrogens is 310 g/mol. The first-order valence-electron chi connectivity index (χ1n) is 9.14. The number of aryl methyl sites for hydroxylation is 2. The fourth-order valence-corrected chi connectivity index (χ4v) is 4.36. The number of rotatable bonds is 2. The molecule has 0 atom stereocenters. The minimum Gasteiger partial charge on any atom is -0.423 e. The van der Waals surface area contributed by atoms with Gasteiger partial charge in [-0.15, -0.1) is 0 Å². The van der Waals surface area contributed by atoms with Crippen LogP contribution in [0.5, 0.6) is 0 Å². The molecule has 0 bridgehead atoms. The second-order valence-corrected chi connectivity index (χ2v) is 7.29. The normalized spacial score (nSPS) is 16.8. The molecule has 1 aliphatic heterocycles. The van der Waals surface area contributed by atoms with Gasteiger partial charge >= 0.3 is 5.63 Å². The van der Waals surface area contributed by atoms with E-state index in [0.717, 1.165) is 55.4 Å². The van der Waals surface area contributed by atoms with Gasteiger partial charge in [-0.3, -0.25) is 4.90 Å². The molecule has 0 spiro atoms. The van der Waals surface area contributed by atoms with Crippen molar-refractivity contribution in [2.75, 3.05) is 6.54 Å². The van der Waals surface area contributed by atoms with Crippen molar-refractivity contribution in [2.24, 2.45) is 0 Å². The number of fused-ring (bicyclic) bond motifs is 3.